The van der Waals surface area contributed by atoms with Gasteiger partial charge in [0.25, 0.3) is 5.91 Å². The van der Waals surface area contributed by atoms with Gasteiger partial charge in [-0.1, -0.05) is 6.07 Å². The second-order valence-corrected chi connectivity index (χ2v) is 6.24. The number of carbonyl (C=O) groups excluding carboxylic acids is 1. The number of anilines is 1. The molecule has 27 heavy (non-hydrogen) atoms. The van der Waals surface area contributed by atoms with E-state index in [0.29, 0.717) is 22.7 Å². The molecule has 0 spiro atoms. The Morgan fingerprint density at radius 2 is 1.89 bits per heavy atom. The van der Waals surface area contributed by atoms with E-state index in [2.05, 4.69) is 10.3 Å². The molecule has 0 bridgehead atoms. The number of methoxy groups -OCH3 is 1. The molecule has 0 aliphatic rings. The number of ether oxygens (including phenoxy) is 1. The molecule has 5 nitrogen and oxygen atoms in total. The molecule has 2 aromatic heterocycles. The number of hydrogen-bond acceptors (Lipinski definition) is 4. The van der Waals surface area contributed by atoms with E-state index in [0.717, 1.165) is 22.3 Å². The van der Waals surface area contributed by atoms with Crippen molar-refractivity contribution in [3.63, 3.8) is 0 Å². The van der Waals surface area contributed by atoms with E-state index in [9.17, 15) is 4.79 Å². The van der Waals surface area contributed by atoms with Crippen LogP contribution in [0.1, 0.15) is 15.9 Å². The minimum Gasteiger partial charge on any atom is -0.496 e. The maximum Gasteiger partial charge on any atom is 0.259 e. The van der Waals surface area contributed by atoms with Crippen LogP contribution in [0.25, 0.3) is 22.4 Å². The highest BCUT2D eigenvalue weighted by Gasteiger charge is 2.13. The van der Waals surface area contributed by atoms with Crippen LogP contribution in [0, 0.1) is 6.92 Å². The summed E-state index contributed by atoms with van der Waals surface area (Å²) in [7, 11) is 1.56. The quantitative estimate of drug-likeness (QED) is 0.553. The molecule has 0 saturated heterocycles. The van der Waals surface area contributed by atoms with Gasteiger partial charge in [0.05, 0.1) is 12.7 Å². The highest BCUT2D eigenvalue weighted by Crippen LogP contribution is 2.28. The summed E-state index contributed by atoms with van der Waals surface area (Å²) >= 11 is 0. The molecular formula is C22H18N2O3. The van der Waals surface area contributed by atoms with Gasteiger partial charge in [-0.3, -0.25) is 4.79 Å². The molecule has 0 aliphatic heterocycles. The average molecular weight is 358 g/mol. The number of amides is 1. The van der Waals surface area contributed by atoms with Gasteiger partial charge < -0.3 is 14.5 Å². The number of fused-ring (bicyclic) bond motifs is 1. The molecule has 1 N–H and O–H groups in total. The second kappa shape index (κ2) is 6.96. The van der Waals surface area contributed by atoms with Crippen molar-refractivity contribution in [3.05, 3.63) is 78.0 Å². The number of aromatic nitrogens is 1. The molecule has 2 aromatic carbocycles. The summed E-state index contributed by atoms with van der Waals surface area (Å²) in [5, 5.41) is 3.85. The molecule has 0 saturated carbocycles. The highest BCUT2D eigenvalue weighted by molar-refractivity contribution is 6.06. The second-order valence-electron chi connectivity index (χ2n) is 6.24. The first-order valence-corrected chi connectivity index (χ1v) is 8.55. The third kappa shape index (κ3) is 3.40. The van der Waals surface area contributed by atoms with Crippen LogP contribution in [-0.2, 0) is 0 Å². The number of rotatable bonds is 4. The summed E-state index contributed by atoms with van der Waals surface area (Å²) in [6.45, 7) is 1.95. The molecule has 5 heteroatoms. The van der Waals surface area contributed by atoms with E-state index >= 15 is 0 Å². The molecule has 2 heterocycles. The van der Waals surface area contributed by atoms with Gasteiger partial charge >= 0.3 is 0 Å². The van der Waals surface area contributed by atoms with Crippen molar-refractivity contribution in [2.45, 2.75) is 6.92 Å². The molecule has 0 fully saturated rings. The summed E-state index contributed by atoms with van der Waals surface area (Å²) in [5.41, 5.74) is 3.75. The largest absolute Gasteiger partial charge is 0.496 e. The smallest absolute Gasteiger partial charge is 0.259 e. The fourth-order valence-corrected chi connectivity index (χ4v) is 2.92. The maximum absolute atomic E-state index is 12.6. The predicted molar refractivity (Wildman–Crippen MR) is 105 cm³/mol. The van der Waals surface area contributed by atoms with Crippen LogP contribution in [0.15, 0.2) is 71.3 Å². The Labute approximate surface area is 156 Å². The first kappa shape index (κ1) is 16.8. The van der Waals surface area contributed by atoms with Crippen LogP contribution in [0.3, 0.4) is 0 Å². The van der Waals surface area contributed by atoms with Gasteiger partial charge in [0.2, 0.25) is 5.71 Å². The van der Waals surface area contributed by atoms with Crippen LogP contribution >= 0.6 is 0 Å². The Kier molecular flexibility index (Phi) is 4.34. The summed E-state index contributed by atoms with van der Waals surface area (Å²) in [4.78, 5) is 16.8. The van der Waals surface area contributed by atoms with E-state index in [1.54, 1.807) is 19.4 Å². The van der Waals surface area contributed by atoms with Gasteiger partial charge in [-0.05, 0) is 67.1 Å². The van der Waals surface area contributed by atoms with Gasteiger partial charge in [-0.25, -0.2) is 4.98 Å². The number of carbonyl (C=O) groups is 1. The maximum atomic E-state index is 12.6. The Hall–Kier alpha value is -3.60. The summed E-state index contributed by atoms with van der Waals surface area (Å²) in [6, 6.07) is 18.8. The van der Waals surface area contributed by atoms with E-state index in [-0.39, 0.29) is 5.91 Å². The monoisotopic (exact) mass is 358 g/mol. The van der Waals surface area contributed by atoms with Crippen LogP contribution in [0.4, 0.5) is 5.69 Å². The fraction of sp³-hybridized carbons (Fsp3) is 0.0909. The third-order valence-corrected chi connectivity index (χ3v) is 4.32. The topological polar surface area (TPSA) is 64.4 Å². The standard InChI is InChI=1S/C22H18N2O3/c1-14-5-10-18(20(12-14)26-2)21(25)24-17-8-6-15(7-9-17)19-13-16-4-3-11-23-22(16)27-19/h3-13H,1-2H3,(H,24,25). The van der Waals surface area contributed by atoms with Crippen molar-refractivity contribution in [1.82, 2.24) is 4.98 Å². The van der Waals surface area contributed by atoms with Crippen molar-refractivity contribution in [1.29, 1.82) is 0 Å². The van der Waals surface area contributed by atoms with Gasteiger partial charge in [0, 0.05) is 22.8 Å². The molecule has 0 aliphatic carbocycles. The normalized spacial score (nSPS) is 10.7. The van der Waals surface area contributed by atoms with Crippen LogP contribution in [-0.4, -0.2) is 18.0 Å². The summed E-state index contributed by atoms with van der Waals surface area (Å²) in [5.74, 6) is 1.08. The lowest BCUT2D eigenvalue weighted by atomic mass is 10.1. The Bertz CT molecular complexity index is 1080. The lowest BCUT2D eigenvalue weighted by Gasteiger charge is -2.10. The zero-order chi connectivity index (χ0) is 18.8. The molecular weight excluding hydrogens is 340 g/mol. The van der Waals surface area contributed by atoms with E-state index < -0.39 is 0 Å². The number of hydrogen-bond donors (Lipinski definition) is 1. The SMILES string of the molecule is COc1cc(C)ccc1C(=O)Nc1ccc(-c2cc3cccnc3o2)cc1. The number of benzene rings is 2. The van der Waals surface area contributed by atoms with Crippen LogP contribution in [0.2, 0.25) is 0 Å². The molecule has 134 valence electrons. The van der Waals surface area contributed by atoms with Crippen molar-refractivity contribution < 1.29 is 13.9 Å². The van der Waals surface area contributed by atoms with Crippen molar-refractivity contribution in [3.8, 4) is 17.1 Å². The molecule has 0 unspecified atom stereocenters. The van der Waals surface area contributed by atoms with Gasteiger partial charge in [-0.2, -0.15) is 0 Å². The lowest BCUT2D eigenvalue weighted by molar-refractivity contribution is 0.102. The molecule has 1 amide bonds. The molecule has 0 atom stereocenters. The van der Waals surface area contributed by atoms with Crippen molar-refractivity contribution in [2.75, 3.05) is 12.4 Å². The van der Waals surface area contributed by atoms with Gasteiger partial charge in [0.15, 0.2) is 0 Å². The zero-order valence-corrected chi connectivity index (χ0v) is 15.0. The number of pyridine rings is 1. The van der Waals surface area contributed by atoms with E-state index in [1.165, 1.54) is 0 Å². The minimum atomic E-state index is -0.215. The highest BCUT2D eigenvalue weighted by atomic mass is 16.5. The minimum absolute atomic E-state index is 0.215. The van der Waals surface area contributed by atoms with Crippen molar-refractivity contribution in [2.24, 2.45) is 0 Å². The average Bonchev–Trinajstić information content (AvgIpc) is 3.12. The van der Waals surface area contributed by atoms with Gasteiger partial charge in [-0.15, -0.1) is 0 Å². The third-order valence-electron chi connectivity index (χ3n) is 4.32. The summed E-state index contributed by atoms with van der Waals surface area (Å²) < 4.78 is 11.1. The number of nitrogens with zero attached hydrogens (tertiary/aromatic N) is 1. The summed E-state index contributed by atoms with van der Waals surface area (Å²) in [6.07, 6.45) is 1.70. The first-order valence-electron chi connectivity index (χ1n) is 8.55. The first-order chi connectivity index (χ1) is 13.1. The fourth-order valence-electron chi connectivity index (χ4n) is 2.92. The Morgan fingerprint density at radius 3 is 2.63 bits per heavy atom. The van der Waals surface area contributed by atoms with Gasteiger partial charge in [0.1, 0.15) is 11.5 Å². The predicted octanol–water partition coefficient (Wildman–Crippen LogP) is 5.06. The van der Waals surface area contributed by atoms with Crippen LogP contribution < -0.4 is 10.1 Å². The number of furan rings is 1. The molecule has 4 rings (SSSR count). The lowest BCUT2D eigenvalue weighted by Crippen LogP contribution is -2.13. The van der Waals surface area contributed by atoms with E-state index in [4.69, 9.17) is 9.15 Å². The number of nitrogens with one attached hydrogen (secondary N) is 1. The zero-order valence-electron chi connectivity index (χ0n) is 15.0. The van der Waals surface area contributed by atoms with E-state index in [1.807, 2.05) is 61.5 Å². The molecule has 4 aromatic rings. The van der Waals surface area contributed by atoms with Crippen LogP contribution in [0.5, 0.6) is 5.75 Å². The van der Waals surface area contributed by atoms with Crippen molar-refractivity contribution >= 4 is 22.7 Å². The Morgan fingerprint density at radius 1 is 1.07 bits per heavy atom. The molecule has 0 radical (unpaired) electrons. The Balaban J connectivity index is 1.55. The number of aryl methyl sites for hydroxylation is 1.